The van der Waals surface area contributed by atoms with Crippen LogP contribution in [-0.2, 0) is 11.3 Å². The fourth-order valence-corrected chi connectivity index (χ4v) is 3.72. The quantitative estimate of drug-likeness (QED) is 0.700. The predicted octanol–water partition coefficient (Wildman–Crippen LogP) is 2.70. The Labute approximate surface area is 161 Å². The molecule has 1 atom stereocenters. The topological polar surface area (TPSA) is 102 Å². The molecule has 1 saturated heterocycles. The number of nitrogens with two attached hydrogens (primary N) is 1. The number of hydrogen-bond acceptors (Lipinski definition) is 6. The molecule has 140 valence electrons. The molecule has 1 aromatic carbocycles. The zero-order valence-corrected chi connectivity index (χ0v) is 15.6. The minimum atomic E-state index is -0.343. The Hall–Kier alpha value is -2.87. The molecule has 1 aliphatic heterocycles. The maximum Gasteiger partial charge on any atom is 0.240 e. The molecule has 0 bridgehead atoms. The second kappa shape index (κ2) is 7.03. The molecular weight excluding hydrogens is 366 g/mol. The summed E-state index contributed by atoms with van der Waals surface area (Å²) >= 11 is 6.07. The number of rotatable bonds is 5. The van der Waals surface area contributed by atoms with Gasteiger partial charge in [0.25, 0.3) is 0 Å². The SMILES string of the molecule is CCn1c(N2CCC[C@H]2C(N)=O)nc2c(Nc3cccc(Cl)c3)ncnc21. The van der Waals surface area contributed by atoms with E-state index < -0.39 is 0 Å². The number of carbonyl (C=O) groups is 1. The van der Waals surface area contributed by atoms with Crippen LogP contribution in [0.2, 0.25) is 5.02 Å². The van der Waals surface area contributed by atoms with Crippen LogP contribution in [-0.4, -0.2) is 38.0 Å². The van der Waals surface area contributed by atoms with E-state index in [2.05, 4.69) is 15.3 Å². The van der Waals surface area contributed by atoms with Crippen LogP contribution in [0, 0.1) is 0 Å². The molecule has 3 N–H and O–H groups in total. The second-order valence-corrected chi connectivity index (χ2v) is 6.88. The Balaban J connectivity index is 1.79. The van der Waals surface area contributed by atoms with Crippen molar-refractivity contribution < 1.29 is 4.79 Å². The monoisotopic (exact) mass is 385 g/mol. The lowest BCUT2D eigenvalue weighted by Crippen LogP contribution is -2.41. The largest absolute Gasteiger partial charge is 0.368 e. The summed E-state index contributed by atoms with van der Waals surface area (Å²) < 4.78 is 1.99. The van der Waals surface area contributed by atoms with Gasteiger partial charge in [-0.1, -0.05) is 17.7 Å². The first-order chi connectivity index (χ1) is 13.1. The van der Waals surface area contributed by atoms with Crippen LogP contribution in [0.3, 0.4) is 0 Å². The van der Waals surface area contributed by atoms with Crippen molar-refractivity contribution in [1.29, 1.82) is 0 Å². The van der Waals surface area contributed by atoms with Crippen LogP contribution in [0.4, 0.5) is 17.5 Å². The van der Waals surface area contributed by atoms with E-state index in [-0.39, 0.29) is 11.9 Å². The highest BCUT2D eigenvalue weighted by Gasteiger charge is 2.33. The number of nitrogens with one attached hydrogen (secondary N) is 1. The molecule has 0 saturated carbocycles. The third-order valence-corrected chi connectivity index (χ3v) is 4.99. The number of nitrogens with zero attached hydrogens (tertiary/aromatic N) is 5. The number of halogens is 1. The summed E-state index contributed by atoms with van der Waals surface area (Å²) in [6.07, 6.45) is 3.14. The van der Waals surface area contributed by atoms with Crippen LogP contribution in [0.15, 0.2) is 30.6 Å². The van der Waals surface area contributed by atoms with Crippen LogP contribution in [0.25, 0.3) is 11.2 Å². The predicted molar refractivity (Wildman–Crippen MR) is 105 cm³/mol. The van der Waals surface area contributed by atoms with E-state index in [9.17, 15) is 4.79 Å². The maximum absolute atomic E-state index is 11.8. The van der Waals surface area contributed by atoms with E-state index in [4.69, 9.17) is 22.3 Å². The smallest absolute Gasteiger partial charge is 0.240 e. The normalized spacial score (nSPS) is 16.8. The van der Waals surface area contributed by atoms with Crippen LogP contribution < -0.4 is 16.0 Å². The summed E-state index contributed by atoms with van der Waals surface area (Å²) in [5.74, 6) is 0.958. The third kappa shape index (κ3) is 3.16. The van der Waals surface area contributed by atoms with E-state index in [0.717, 1.165) is 25.1 Å². The second-order valence-electron chi connectivity index (χ2n) is 6.44. The lowest BCUT2D eigenvalue weighted by atomic mass is 10.2. The first-order valence-electron chi connectivity index (χ1n) is 8.88. The zero-order chi connectivity index (χ0) is 19.0. The van der Waals surface area contributed by atoms with E-state index in [0.29, 0.717) is 34.5 Å². The van der Waals surface area contributed by atoms with Gasteiger partial charge < -0.3 is 16.0 Å². The van der Waals surface area contributed by atoms with E-state index in [1.807, 2.05) is 40.7 Å². The molecule has 2 aromatic heterocycles. The summed E-state index contributed by atoms with van der Waals surface area (Å²) in [5.41, 5.74) is 7.75. The Morgan fingerprint density at radius 2 is 2.26 bits per heavy atom. The molecule has 0 radical (unpaired) electrons. The first kappa shape index (κ1) is 17.5. The average molecular weight is 386 g/mol. The van der Waals surface area contributed by atoms with Crippen LogP contribution in [0.1, 0.15) is 19.8 Å². The summed E-state index contributed by atoms with van der Waals surface area (Å²) in [4.78, 5) is 27.3. The summed E-state index contributed by atoms with van der Waals surface area (Å²) in [6, 6.07) is 7.05. The van der Waals surface area contributed by atoms with Gasteiger partial charge in [0.15, 0.2) is 17.0 Å². The van der Waals surface area contributed by atoms with E-state index >= 15 is 0 Å². The highest BCUT2D eigenvalue weighted by molar-refractivity contribution is 6.30. The molecule has 0 spiro atoms. The number of aromatic nitrogens is 4. The molecule has 0 aliphatic carbocycles. The Morgan fingerprint density at radius 3 is 3.00 bits per heavy atom. The number of imidazole rings is 1. The number of aryl methyl sites for hydroxylation is 1. The van der Waals surface area contributed by atoms with Crippen molar-refractivity contribution in [3.63, 3.8) is 0 Å². The van der Waals surface area contributed by atoms with Gasteiger partial charge in [-0.05, 0) is 38.0 Å². The summed E-state index contributed by atoms with van der Waals surface area (Å²) in [5, 5.41) is 3.89. The van der Waals surface area contributed by atoms with E-state index in [1.54, 1.807) is 0 Å². The summed E-state index contributed by atoms with van der Waals surface area (Å²) in [7, 11) is 0. The number of anilines is 3. The number of benzene rings is 1. The van der Waals surface area contributed by atoms with Crippen molar-refractivity contribution in [3.8, 4) is 0 Å². The van der Waals surface area contributed by atoms with Gasteiger partial charge in [0.2, 0.25) is 11.9 Å². The molecule has 0 unspecified atom stereocenters. The summed E-state index contributed by atoms with van der Waals surface area (Å²) in [6.45, 7) is 3.43. The van der Waals surface area contributed by atoms with Gasteiger partial charge in [-0.2, -0.15) is 0 Å². The highest BCUT2D eigenvalue weighted by Crippen LogP contribution is 2.31. The number of hydrogen-bond donors (Lipinski definition) is 2. The average Bonchev–Trinajstić information content (AvgIpc) is 3.26. The van der Waals surface area contributed by atoms with Crippen molar-refractivity contribution in [3.05, 3.63) is 35.6 Å². The molecule has 1 aliphatic rings. The van der Waals surface area contributed by atoms with Crippen LogP contribution >= 0.6 is 11.6 Å². The number of carbonyl (C=O) groups excluding carboxylic acids is 1. The molecular formula is C18H20ClN7O. The van der Waals surface area contributed by atoms with Gasteiger partial charge in [0, 0.05) is 23.8 Å². The maximum atomic E-state index is 11.8. The van der Waals surface area contributed by atoms with Gasteiger partial charge in [-0.25, -0.2) is 15.0 Å². The Kier molecular flexibility index (Phi) is 4.57. The number of primary amides is 1. The number of amides is 1. The minimum absolute atomic E-state index is 0.328. The van der Waals surface area contributed by atoms with Crippen LogP contribution in [0.5, 0.6) is 0 Å². The van der Waals surface area contributed by atoms with Gasteiger partial charge in [-0.15, -0.1) is 0 Å². The minimum Gasteiger partial charge on any atom is -0.368 e. The molecule has 1 fully saturated rings. The zero-order valence-electron chi connectivity index (χ0n) is 14.9. The first-order valence-corrected chi connectivity index (χ1v) is 9.26. The molecule has 8 nitrogen and oxygen atoms in total. The number of fused-ring (bicyclic) bond motifs is 1. The standard InChI is InChI=1S/C18H20ClN7O/c1-2-25-17-14(24-18(25)26-8-4-7-13(26)15(20)27)16(21-10-22-17)23-12-6-3-5-11(19)9-12/h3,5-6,9-10,13H,2,4,7-8H2,1H3,(H2,20,27)(H,21,22,23)/t13-/m0/s1. The third-order valence-electron chi connectivity index (χ3n) is 4.75. The van der Waals surface area contributed by atoms with Crippen molar-refractivity contribution in [2.75, 3.05) is 16.8 Å². The molecule has 1 amide bonds. The molecule has 27 heavy (non-hydrogen) atoms. The lowest BCUT2D eigenvalue weighted by molar-refractivity contribution is -0.119. The van der Waals surface area contributed by atoms with Gasteiger partial charge >= 0.3 is 0 Å². The molecule has 3 aromatic rings. The lowest BCUT2D eigenvalue weighted by Gasteiger charge is -2.23. The Morgan fingerprint density at radius 1 is 1.41 bits per heavy atom. The van der Waals surface area contributed by atoms with Crippen molar-refractivity contribution in [1.82, 2.24) is 19.5 Å². The van der Waals surface area contributed by atoms with Crippen molar-refractivity contribution >= 4 is 46.1 Å². The highest BCUT2D eigenvalue weighted by atomic mass is 35.5. The van der Waals surface area contributed by atoms with E-state index in [1.165, 1.54) is 6.33 Å². The molecule has 3 heterocycles. The molecule has 9 heteroatoms. The fourth-order valence-electron chi connectivity index (χ4n) is 3.53. The fraction of sp³-hybridized carbons (Fsp3) is 0.333. The van der Waals surface area contributed by atoms with Gasteiger partial charge in [0.05, 0.1) is 0 Å². The van der Waals surface area contributed by atoms with Gasteiger partial charge in [-0.3, -0.25) is 9.36 Å². The van der Waals surface area contributed by atoms with Crippen molar-refractivity contribution in [2.45, 2.75) is 32.4 Å². The molecule has 4 rings (SSSR count). The Bertz CT molecular complexity index is 1000. The van der Waals surface area contributed by atoms with Gasteiger partial charge in [0.1, 0.15) is 12.4 Å². The van der Waals surface area contributed by atoms with Crippen molar-refractivity contribution in [2.24, 2.45) is 5.73 Å².